The molecule has 1 fully saturated rings. The van der Waals surface area contributed by atoms with Gasteiger partial charge in [-0.3, -0.25) is 0 Å². The van der Waals surface area contributed by atoms with Gasteiger partial charge in [-0.05, 0) is 56.0 Å². The molecule has 35 heavy (non-hydrogen) atoms. The van der Waals surface area contributed by atoms with Crippen molar-refractivity contribution in [3.8, 4) is 0 Å². The normalized spacial score (nSPS) is 24.2. The fourth-order valence-electron chi connectivity index (χ4n) is 4.61. The van der Waals surface area contributed by atoms with E-state index in [0.717, 1.165) is 21.6 Å². The van der Waals surface area contributed by atoms with Crippen molar-refractivity contribution in [2.45, 2.75) is 50.6 Å². The molecule has 2 N–H and O–H groups in total. The first-order chi connectivity index (χ1) is 16.5. The molecule has 2 aromatic carbocycles. The van der Waals surface area contributed by atoms with Gasteiger partial charge in [0.15, 0.2) is 0 Å². The molecule has 4 rings (SSSR count). The van der Waals surface area contributed by atoms with E-state index >= 15 is 0 Å². The Morgan fingerprint density at radius 1 is 1.17 bits per heavy atom. The van der Waals surface area contributed by atoms with Gasteiger partial charge in [0.2, 0.25) is 0 Å². The minimum absolute atomic E-state index is 0.298. The average molecular weight is 488 g/mol. The van der Waals surface area contributed by atoms with Crippen LogP contribution in [-0.2, 0) is 11.2 Å². The second-order valence-electron chi connectivity index (χ2n) is 10.2. The van der Waals surface area contributed by atoms with Crippen molar-refractivity contribution in [3.63, 3.8) is 0 Å². The SMILES string of the molecule is CC(C)(C)OC(=O)N1CC(F)C(O)(CNC(=O)N2CCc3ccccc3[C@@H]2c2ccc(F)cc2)C1. The molecule has 0 aromatic heterocycles. The Morgan fingerprint density at radius 2 is 1.86 bits per heavy atom. The zero-order valence-electron chi connectivity index (χ0n) is 20.1. The first-order valence-electron chi connectivity index (χ1n) is 11.7. The maximum Gasteiger partial charge on any atom is 0.410 e. The number of benzene rings is 2. The van der Waals surface area contributed by atoms with E-state index in [1.54, 1.807) is 37.8 Å². The molecular weight excluding hydrogens is 456 g/mol. The molecule has 3 amide bonds. The van der Waals surface area contributed by atoms with E-state index in [4.69, 9.17) is 4.74 Å². The van der Waals surface area contributed by atoms with Gasteiger partial charge in [-0.15, -0.1) is 0 Å². The van der Waals surface area contributed by atoms with Gasteiger partial charge in [0, 0.05) is 6.54 Å². The monoisotopic (exact) mass is 487 g/mol. The highest BCUT2D eigenvalue weighted by Crippen LogP contribution is 2.35. The Morgan fingerprint density at radius 3 is 2.54 bits per heavy atom. The van der Waals surface area contributed by atoms with E-state index in [9.17, 15) is 23.5 Å². The quantitative estimate of drug-likeness (QED) is 0.690. The fourth-order valence-corrected chi connectivity index (χ4v) is 4.61. The number of rotatable bonds is 3. The van der Waals surface area contributed by atoms with Crippen LogP contribution in [0, 0.1) is 5.82 Å². The molecule has 3 atom stereocenters. The fraction of sp³-hybridized carbons (Fsp3) is 0.462. The molecule has 0 spiro atoms. The van der Waals surface area contributed by atoms with Crippen molar-refractivity contribution in [3.05, 3.63) is 71.0 Å². The molecule has 2 heterocycles. The summed E-state index contributed by atoms with van der Waals surface area (Å²) >= 11 is 0. The van der Waals surface area contributed by atoms with Gasteiger partial charge in [-0.1, -0.05) is 36.4 Å². The minimum atomic E-state index is -1.94. The van der Waals surface area contributed by atoms with Crippen LogP contribution < -0.4 is 5.32 Å². The number of aliphatic hydroxyl groups is 1. The third-order valence-corrected chi connectivity index (χ3v) is 6.36. The number of likely N-dealkylation sites (tertiary alicyclic amines) is 1. The third-order valence-electron chi connectivity index (χ3n) is 6.36. The lowest BCUT2D eigenvalue weighted by atomic mass is 9.88. The van der Waals surface area contributed by atoms with Crippen molar-refractivity contribution in [2.75, 3.05) is 26.2 Å². The molecule has 7 nitrogen and oxygen atoms in total. The highest BCUT2D eigenvalue weighted by atomic mass is 19.1. The molecule has 2 aliphatic heterocycles. The number of amides is 3. The topological polar surface area (TPSA) is 82.1 Å². The molecule has 1 saturated heterocycles. The number of hydrogen-bond acceptors (Lipinski definition) is 4. The van der Waals surface area contributed by atoms with E-state index in [-0.39, 0.29) is 25.5 Å². The Kier molecular flexibility index (Phi) is 6.73. The van der Waals surface area contributed by atoms with Gasteiger partial charge in [-0.25, -0.2) is 18.4 Å². The lowest BCUT2D eigenvalue weighted by Crippen LogP contribution is -2.54. The largest absolute Gasteiger partial charge is 0.444 e. The number of ether oxygens (including phenoxy) is 1. The molecular formula is C26H31F2N3O4. The Bertz CT molecular complexity index is 1090. The number of β-amino-alcohol motifs (C(OH)–C–C–N with tert-alkyl or cyclic N) is 1. The predicted molar refractivity (Wildman–Crippen MR) is 126 cm³/mol. The molecule has 0 aliphatic carbocycles. The summed E-state index contributed by atoms with van der Waals surface area (Å²) in [6, 6.07) is 12.8. The number of carbonyl (C=O) groups is 2. The molecule has 0 bridgehead atoms. The van der Waals surface area contributed by atoms with Crippen molar-refractivity contribution in [1.29, 1.82) is 0 Å². The van der Waals surface area contributed by atoms with Crippen LogP contribution in [0.4, 0.5) is 18.4 Å². The highest BCUT2D eigenvalue weighted by Gasteiger charge is 2.49. The van der Waals surface area contributed by atoms with Crippen molar-refractivity contribution in [1.82, 2.24) is 15.1 Å². The van der Waals surface area contributed by atoms with Crippen molar-refractivity contribution in [2.24, 2.45) is 0 Å². The zero-order chi connectivity index (χ0) is 25.4. The summed E-state index contributed by atoms with van der Waals surface area (Å²) in [5.41, 5.74) is 0.0769. The van der Waals surface area contributed by atoms with Gasteiger partial charge >= 0.3 is 12.1 Å². The molecule has 2 aliphatic rings. The van der Waals surface area contributed by atoms with Crippen molar-refractivity contribution < 1.29 is 28.2 Å². The van der Waals surface area contributed by atoms with E-state index < -0.39 is 35.5 Å². The Labute approximate surface area is 203 Å². The van der Waals surface area contributed by atoms with Crippen LogP contribution in [0.15, 0.2) is 48.5 Å². The number of alkyl halides is 1. The summed E-state index contributed by atoms with van der Waals surface area (Å²) in [7, 11) is 0. The first-order valence-corrected chi connectivity index (χ1v) is 11.7. The smallest absolute Gasteiger partial charge is 0.410 e. The van der Waals surface area contributed by atoms with Crippen LogP contribution in [-0.4, -0.2) is 70.6 Å². The summed E-state index contributed by atoms with van der Waals surface area (Å²) < 4.78 is 33.6. The number of hydrogen-bond donors (Lipinski definition) is 2. The Balaban J connectivity index is 1.49. The molecule has 2 aromatic rings. The summed E-state index contributed by atoms with van der Waals surface area (Å²) in [5.74, 6) is -0.374. The van der Waals surface area contributed by atoms with E-state index in [0.29, 0.717) is 13.0 Å². The summed E-state index contributed by atoms with van der Waals surface area (Å²) in [6.45, 7) is 4.51. The first kappa shape index (κ1) is 24.9. The number of nitrogens with zero attached hydrogens (tertiary/aromatic N) is 2. The third kappa shape index (κ3) is 5.40. The van der Waals surface area contributed by atoms with Crippen LogP contribution >= 0.6 is 0 Å². The second kappa shape index (κ2) is 9.45. The lowest BCUT2D eigenvalue weighted by molar-refractivity contribution is -0.00517. The minimum Gasteiger partial charge on any atom is -0.444 e. The van der Waals surface area contributed by atoms with Gasteiger partial charge in [0.1, 0.15) is 23.2 Å². The van der Waals surface area contributed by atoms with E-state index in [2.05, 4.69) is 5.32 Å². The molecule has 0 radical (unpaired) electrons. The number of carbonyl (C=O) groups excluding carboxylic acids is 2. The lowest BCUT2D eigenvalue weighted by Gasteiger charge is -2.38. The summed E-state index contributed by atoms with van der Waals surface area (Å²) in [6.07, 6.45) is -1.83. The van der Waals surface area contributed by atoms with Crippen LogP contribution in [0.25, 0.3) is 0 Å². The average Bonchev–Trinajstić information content (AvgIpc) is 3.11. The van der Waals surface area contributed by atoms with Gasteiger partial charge in [0.05, 0.1) is 25.7 Å². The molecule has 0 saturated carbocycles. The van der Waals surface area contributed by atoms with Crippen molar-refractivity contribution >= 4 is 12.1 Å². The predicted octanol–water partition coefficient (Wildman–Crippen LogP) is 3.80. The molecule has 9 heteroatoms. The standard InChI is InChI=1S/C26H31F2N3O4/c1-25(2,3)35-24(33)30-14-21(28)26(34,16-30)15-29-23(32)31-13-12-17-6-4-5-7-20(17)22(31)18-8-10-19(27)11-9-18/h4-11,21-22,34H,12-16H2,1-3H3,(H,29,32)/t21?,22-,26?/m0/s1. The van der Waals surface area contributed by atoms with Crippen LogP contribution in [0.5, 0.6) is 0 Å². The number of urea groups is 1. The summed E-state index contributed by atoms with van der Waals surface area (Å²) in [4.78, 5) is 28.3. The van der Waals surface area contributed by atoms with E-state index in [1.165, 1.54) is 12.1 Å². The van der Waals surface area contributed by atoms with Crippen LogP contribution in [0.2, 0.25) is 0 Å². The number of fused-ring (bicyclic) bond motifs is 1. The van der Waals surface area contributed by atoms with E-state index in [1.807, 2.05) is 24.3 Å². The summed E-state index contributed by atoms with van der Waals surface area (Å²) in [5, 5.41) is 13.6. The van der Waals surface area contributed by atoms with Gasteiger partial charge in [0.25, 0.3) is 0 Å². The maximum absolute atomic E-state index is 14.8. The number of halogens is 2. The maximum atomic E-state index is 14.8. The van der Waals surface area contributed by atoms with Crippen LogP contribution in [0.1, 0.15) is 43.5 Å². The second-order valence-corrected chi connectivity index (χ2v) is 10.2. The van der Waals surface area contributed by atoms with Gasteiger partial charge in [-0.2, -0.15) is 0 Å². The van der Waals surface area contributed by atoms with Crippen LogP contribution in [0.3, 0.4) is 0 Å². The Hall–Kier alpha value is -3.20. The van der Waals surface area contributed by atoms with Gasteiger partial charge < -0.3 is 25.0 Å². The zero-order valence-corrected chi connectivity index (χ0v) is 20.1. The molecule has 2 unspecified atom stereocenters. The molecule has 188 valence electrons. The number of nitrogens with one attached hydrogen (secondary N) is 1. The highest BCUT2D eigenvalue weighted by molar-refractivity contribution is 5.76.